The summed E-state index contributed by atoms with van der Waals surface area (Å²) >= 11 is 0. The van der Waals surface area contributed by atoms with Crippen LogP contribution in [0.15, 0.2) is 36.9 Å². The Labute approximate surface area is 121 Å². The zero-order chi connectivity index (χ0) is 14.0. The molecule has 0 aromatic heterocycles. The van der Waals surface area contributed by atoms with Crippen molar-refractivity contribution in [1.82, 2.24) is 15.5 Å². The van der Waals surface area contributed by atoms with Gasteiger partial charge in [-0.2, -0.15) is 0 Å². The van der Waals surface area contributed by atoms with Crippen LogP contribution in [0.1, 0.15) is 5.56 Å². The van der Waals surface area contributed by atoms with E-state index in [2.05, 4.69) is 34.2 Å². The van der Waals surface area contributed by atoms with Crippen LogP contribution in [-0.2, 0) is 6.54 Å². The number of nitrogens with zero attached hydrogens (tertiary/aromatic N) is 1. The summed E-state index contributed by atoms with van der Waals surface area (Å²) in [6.45, 7) is 11.8. The lowest BCUT2D eigenvalue weighted by Crippen LogP contribution is -2.45. The molecule has 1 heterocycles. The van der Waals surface area contributed by atoms with Gasteiger partial charge in [0.1, 0.15) is 12.4 Å². The lowest BCUT2D eigenvalue weighted by Gasteiger charge is -2.27. The minimum Gasteiger partial charge on any atom is -0.490 e. The van der Waals surface area contributed by atoms with Crippen molar-refractivity contribution in [3.05, 3.63) is 42.5 Å². The smallest absolute Gasteiger partial charge is 0.119 e. The molecule has 1 fully saturated rings. The van der Waals surface area contributed by atoms with Crippen molar-refractivity contribution in [3.8, 4) is 5.75 Å². The molecule has 1 aromatic rings. The molecule has 0 spiro atoms. The maximum Gasteiger partial charge on any atom is 0.119 e. The first-order chi connectivity index (χ1) is 9.88. The molecule has 0 aliphatic carbocycles. The molecule has 1 saturated heterocycles. The summed E-state index contributed by atoms with van der Waals surface area (Å²) in [5.74, 6) is 0.898. The molecule has 4 heteroatoms. The lowest BCUT2D eigenvalue weighted by molar-refractivity contribution is 0.241. The number of hydrogen-bond acceptors (Lipinski definition) is 4. The second kappa shape index (κ2) is 8.74. The van der Waals surface area contributed by atoms with Crippen molar-refractivity contribution in [1.29, 1.82) is 0 Å². The van der Waals surface area contributed by atoms with Crippen molar-refractivity contribution in [2.45, 2.75) is 6.54 Å². The Bertz CT molecular complexity index is 385. The molecule has 1 aliphatic heterocycles. The van der Waals surface area contributed by atoms with Gasteiger partial charge in [-0.25, -0.2) is 0 Å². The van der Waals surface area contributed by atoms with Gasteiger partial charge in [-0.05, 0) is 17.7 Å². The molecule has 2 rings (SSSR count). The van der Waals surface area contributed by atoms with Crippen LogP contribution in [0.2, 0.25) is 0 Å². The van der Waals surface area contributed by atoms with E-state index in [1.54, 1.807) is 6.08 Å². The SMILES string of the molecule is C=CCOc1ccc(CNCCN2CCNCC2)cc1. The largest absolute Gasteiger partial charge is 0.490 e. The Kier molecular flexibility index (Phi) is 6.57. The van der Waals surface area contributed by atoms with Gasteiger partial charge in [-0.3, -0.25) is 4.90 Å². The number of nitrogens with one attached hydrogen (secondary N) is 2. The summed E-state index contributed by atoms with van der Waals surface area (Å²) in [6, 6.07) is 8.24. The van der Waals surface area contributed by atoms with Crippen molar-refractivity contribution >= 4 is 0 Å². The summed E-state index contributed by atoms with van der Waals surface area (Å²) in [5, 5.41) is 6.86. The molecule has 110 valence electrons. The third-order valence-corrected chi connectivity index (χ3v) is 3.43. The number of benzene rings is 1. The van der Waals surface area contributed by atoms with Gasteiger partial charge in [0.05, 0.1) is 0 Å². The monoisotopic (exact) mass is 275 g/mol. The zero-order valence-corrected chi connectivity index (χ0v) is 12.1. The van der Waals surface area contributed by atoms with E-state index >= 15 is 0 Å². The fourth-order valence-corrected chi connectivity index (χ4v) is 2.26. The summed E-state index contributed by atoms with van der Waals surface area (Å²) in [4.78, 5) is 2.50. The van der Waals surface area contributed by atoms with Crippen molar-refractivity contribution in [2.75, 3.05) is 45.9 Å². The molecule has 4 nitrogen and oxygen atoms in total. The molecule has 20 heavy (non-hydrogen) atoms. The normalized spacial score (nSPS) is 16.0. The van der Waals surface area contributed by atoms with E-state index in [4.69, 9.17) is 4.74 Å². The molecule has 1 aliphatic rings. The molecule has 1 aromatic carbocycles. The summed E-state index contributed by atoms with van der Waals surface area (Å²) < 4.78 is 5.46. The molecule has 0 unspecified atom stereocenters. The molecular weight excluding hydrogens is 250 g/mol. The molecular formula is C16H25N3O. The summed E-state index contributed by atoms with van der Waals surface area (Å²) in [7, 11) is 0. The van der Waals surface area contributed by atoms with Crippen LogP contribution in [0, 0.1) is 0 Å². The third-order valence-electron chi connectivity index (χ3n) is 3.43. The van der Waals surface area contributed by atoms with Gasteiger partial charge < -0.3 is 15.4 Å². The van der Waals surface area contributed by atoms with Gasteiger partial charge in [-0.1, -0.05) is 24.8 Å². The number of hydrogen-bond donors (Lipinski definition) is 2. The highest BCUT2D eigenvalue weighted by Gasteiger charge is 2.07. The predicted molar refractivity (Wildman–Crippen MR) is 83.2 cm³/mol. The highest BCUT2D eigenvalue weighted by Crippen LogP contribution is 2.11. The Morgan fingerprint density at radius 3 is 2.70 bits per heavy atom. The highest BCUT2D eigenvalue weighted by molar-refractivity contribution is 5.27. The van der Waals surface area contributed by atoms with Crippen LogP contribution in [0.5, 0.6) is 5.75 Å². The van der Waals surface area contributed by atoms with Crippen LogP contribution < -0.4 is 15.4 Å². The van der Waals surface area contributed by atoms with Crippen LogP contribution >= 0.6 is 0 Å². The average Bonchev–Trinajstić information content (AvgIpc) is 2.52. The van der Waals surface area contributed by atoms with Crippen LogP contribution in [0.25, 0.3) is 0 Å². The molecule has 0 bridgehead atoms. The van der Waals surface area contributed by atoms with E-state index in [0.717, 1.165) is 51.6 Å². The van der Waals surface area contributed by atoms with E-state index in [1.165, 1.54) is 5.56 Å². The molecule has 0 saturated carbocycles. The average molecular weight is 275 g/mol. The Hall–Kier alpha value is -1.36. The van der Waals surface area contributed by atoms with Gasteiger partial charge in [0.25, 0.3) is 0 Å². The molecule has 0 radical (unpaired) electrons. The van der Waals surface area contributed by atoms with E-state index < -0.39 is 0 Å². The molecule has 0 atom stereocenters. The van der Waals surface area contributed by atoms with Crippen LogP contribution in [0.4, 0.5) is 0 Å². The van der Waals surface area contributed by atoms with E-state index in [9.17, 15) is 0 Å². The minimum atomic E-state index is 0.558. The Morgan fingerprint density at radius 2 is 2.00 bits per heavy atom. The van der Waals surface area contributed by atoms with Crippen molar-refractivity contribution < 1.29 is 4.74 Å². The van der Waals surface area contributed by atoms with E-state index in [1.807, 2.05) is 12.1 Å². The zero-order valence-electron chi connectivity index (χ0n) is 12.1. The van der Waals surface area contributed by atoms with Crippen molar-refractivity contribution in [3.63, 3.8) is 0 Å². The maximum atomic E-state index is 5.46. The molecule has 0 amide bonds. The van der Waals surface area contributed by atoms with E-state index in [-0.39, 0.29) is 0 Å². The third kappa shape index (κ3) is 5.33. The van der Waals surface area contributed by atoms with Gasteiger partial charge in [-0.15, -0.1) is 0 Å². The first kappa shape index (κ1) is 15.0. The fourth-order valence-electron chi connectivity index (χ4n) is 2.26. The number of ether oxygens (including phenoxy) is 1. The quantitative estimate of drug-likeness (QED) is 0.553. The summed E-state index contributed by atoms with van der Waals surface area (Å²) in [5.41, 5.74) is 1.29. The van der Waals surface area contributed by atoms with Gasteiger partial charge >= 0.3 is 0 Å². The van der Waals surface area contributed by atoms with Gasteiger partial charge in [0, 0.05) is 45.8 Å². The standard InChI is InChI=1S/C16H25N3O/c1-2-13-20-16-5-3-15(4-6-16)14-18-9-12-19-10-7-17-8-11-19/h2-6,17-18H,1,7-14H2. The number of piperazine rings is 1. The lowest BCUT2D eigenvalue weighted by atomic mass is 10.2. The van der Waals surface area contributed by atoms with Crippen LogP contribution in [0.3, 0.4) is 0 Å². The minimum absolute atomic E-state index is 0.558. The Balaban J connectivity index is 1.62. The first-order valence-corrected chi connectivity index (χ1v) is 7.35. The molecule has 2 N–H and O–H groups in total. The first-order valence-electron chi connectivity index (χ1n) is 7.35. The van der Waals surface area contributed by atoms with Crippen LogP contribution in [-0.4, -0.2) is 50.8 Å². The number of rotatable bonds is 8. The maximum absolute atomic E-state index is 5.46. The van der Waals surface area contributed by atoms with Crippen molar-refractivity contribution in [2.24, 2.45) is 0 Å². The van der Waals surface area contributed by atoms with Gasteiger partial charge in [0.2, 0.25) is 0 Å². The Morgan fingerprint density at radius 1 is 1.25 bits per heavy atom. The summed E-state index contributed by atoms with van der Waals surface area (Å²) in [6.07, 6.45) is 1.76. The topological polar surface area (TPSA) is 36.5 Å². The second-order valence-electron chi connectivity index (χ2n) is 5.01. The van der Waals surface area contributed by atoms with E-state index in [0.29, 0.717) is 6.61 Å². The second-order valence-corrected chi connectivity index (χ2v) is 5.01. The fraction of sp³-hybridized carbons (Fsp3) is 0.500. The van der Waals surface area contributed by atoms with Gasteiger partial charge in [0.15, 0.2) is 0 Å². The highest BCUT2D eigenvalue weighted by atomic mass is 16.5. The predicted octanol–water partition coefficient (Wildman–Crippen LogP) is 1.25.